The van der Waals surface area contributed by atoms with Gasteiger partial charge in [0.25, 0.3) is 5.91 Å². The lowest BCUT2D eigenvalue weighted by Gasteiger charge is -2.24. The van der Waals surface area contributed by atoms with Gasteiger partial charge in [0.2, 0.25) is 17.7 Å². The second kappa shape index (κ2) is 16.0. The molecule has 0 spiro atoms. The van der Waals surface area contributed by atoms with Gasteiger partial charge in [0.05, 0.1) is 6.54 Å². The van der Waals surface area contributed by atoms with E-state index in [4.69, 9.17) is 4.74 Å². The molecular weight excluding hydrogens is 614 g/mol. The molecule has 0 fully saturated rings. The molecule has 4 amide bonds. The predicted octanol–water partition coefficient (Wildman–Crippen LogP) is 1.82. The van der Waals surface area contributed by atoms with Crippen molar-refractivity contribution >= 4 is 29.6 Å². The van der Waals surface area contributed by atoms with Gasteiger partial charge in [-0.1, -0.05) is 66.7 Å². The highest BCUT2D eigenvalue weighted by molar-refractivity contribution is 5.94. The van der Waals surface area contributed by atoms with Crippen LogP contribution in [-0.2, 0) is 43.2 Å². The lowest BCUT2D eigenvalue weighted by atomic mass is 9.99. The number of aromatic nitrogens is 1. The number of aliphatic carboxylic acids is 1. The van der Waals surface area contributed by atoms with Gasteiger partial charge in [0.1, 0.15) is 23.9 Å². The highest BCUT2D eigenvalue weighted by atomic mass is 16.5. The topological polar surface area (TPSA) is 176 Å². The maximum absolute atomic E-state index is 13.8. The van der Waals surface area contributed by atoms with Crippen LogP contribution >= 0.6 is 0 Å². The molecule has 1 aromatic heterocycles. The molecule has 12 heteroatoms. The summed E-state index contributed by atoms with van der Waals surface area (Å²) in [6, 6.07) is 23.6. The molecule has 246 valence electrons. The first-order valence-electron chi connectivity index (χ1n) is 15.4. The number of benzene rings is 3. The third-order valence-electron chi connectivity index (χ3n) is 7.76. The van der Waals surface area contributed by atoms with Gasteiger partial charge in [0.15, 0.2) is 6.61 Å². The summed E-state index contributed by atoms with van der Waals surface area (Å²) in [4.78, 5) is 69.0. The molecule has 3 atom stereocenters. The van der Waals surface area contributed by atoms with Crippen LogP contribution in [0, 0.1) is 0 Å². The van der Waals surface area contributed by atoms with Crippen LogP contribution < -0.4 is 26.0 Å². The smallest absolute Gasteiger partial charge is 0.326 e. The van der Waals surface area contributed by atoms with E-state index in [0.717, 1.165) is 22.3 Å². The van der Waals surface area contributed by atoms with E-state index in [1.54, 1.807) is 48.8 Å². The number of pyridine rings is 1. The molecule has 2 bridgehead atoms. The maximum Gasteiger partial charge on any atom is 0.326 e. The first-order chi connectivity index (χ1) is 23.2. The zero-order valence-electron chi connectivity index (χ0n) is 25.9. The molecule has 3 aromatic carbocycles. The largest absolute Gasteiger partial charge is 0.484 e. The number of nitrogens with zero attached hydrogens (tertiary/aromatic N) is 1. The molecule has 0 radical (unpaired) electrons. The van der Waals surface area contributed by atoms with E-state index in [1.165, 1.54) is 0 Å². The molecule has 4 aromatic rings. The maximum atomic E-state index is 13.8. The minimum atomic E-state index is -1.26. The van der Waals surface area contributed by atoms with E-state index in [1.807, 2.05) is 54.6 Å². The lowest BCUT2D eigenvalue weighted by Crippen LogP contribution is -2.56. The van der Waals surface area contributed by atoms with Crippen LogP contribution in [0.2, 0.25) is 0 Å². The van der Waals surface area contributed by atoms with Crippen LogP contribution in [0.15, 0.2) is 103 Å². The molecule has 5 N–H and O–H groups in total. The van der Waals surface area contributed by atoms with Gasteiger partial charge in [0, 0.05) is 31.7 Å². The number of hydrogen-bond donors (Lipinski definition) is 5. The van der Waals surface area contributed by atoms with Gasteiger partial charge in [-0.3, -0.25) is 24.2 Å². The molecule has 0 saturated carbocycles. The average molecular weight is 650 g/mol. The molecule has 2 aliphatic rings. The molecular formula is C36H35N5O7. The molecule has 0 saturated heterocycles. The number of carboxylic acid groups (broad SMARTS) is 1. The van der Waals surface area contributed by atoms with Gasteiger partial charge in [-0.25, -0.2) is 4.79 Å². The van der Waals surface area contributed by atoms with Crippen molar-refractivity contribution in [2.24, 2.45) is 0 Å². The van der Waals surface area contributed by atoms with Gasteiger partial charge in [-0.05, 0) is 52.1 Å². The van der Waals surface area contributed by atoms with Gasteiger partial charge < -0.3 is 31.1 Å². The summed E-state index contributed by atoms with van der Waals surface area (Å²) in [6.45, 7) is -0.920. The fraction of sp³-hybridized carbons (Fsp3) is 0.222. The van der Waals surface area contributed by atoms with Crippen LogP contribution in [0.25, 0.3) is 11.1 Å². The highest BCUT2D eigenvalue weighted by Gasteiger charge is 2.29. The van der Waals surface area contributed by atoms with Crippen molar-refractivity contribution < 1.29 is 33.8 Å². The summed E-state index contributed by atoms with van der Waals surface area (Å²) in [5.41, 5.74) is 4.05. The Kier molecular flexibility index (Phi) is 11.1. The SMILES string of the molecule is O=C1CNC(=O)[C@@H](Cc2ccc(-c3ccccc3)cc2)NC(=O)[C@H](Cc2ccncc2)NC(=O)COc2ccc(cc2)C[C@@H](C(=O)O)N1. The number of carboxylic acids is 1. The average Bonchev–Trinajstić information content (AvgIpc) is 3.10. The fourth-order valence-electron chi connectivity index (χ4n) is 5.22. The van der Waals surface area contributed by atoms with E-state index in [-0.39, 0.29) is 19.3 Å². The fourth-order valence-corrected chi connectivity index (χ4v) is 5.22. The van der Waals surface area contributed by atoms with Crippen molar-refractivity contribution in [3.63, 3.8) is 0 Å². The quantitative estimate of drug-likeness (QED) is 0.197. The summed E-state index contributed by atoms with van der Waals surface area (Å²) >= 11 is 0. The van der Waals surface area contributed by atoms with Crippen molar-refractivity contribution in [1.82, 2.24) is 26.3 Å². The Morgan fingerprint density at radius 1 is 0.708 bits per heavy atom. The molecule has 3 heterocycles. The molecule has 6 rings (SSSR count). The third-order valence-corrected chi connectivity index (χ3v) is 7.76. The molecule has 0 unspecified atom stereocenters. The van der Waals surface area contributed by atoms with Crippen LogP contribution in [-0.4, -0.2) is 71.0 Å². The van der Waals surface area contributed by atoms with Crippen LogP contribution in [0.5, 0.6) is 5.75 Å². The Bertz CT molecular complexity index is 1730. The number of carbonyl (C=O) groups is 5. The van der Waals surface area contributed by atoms with E-state index >= 15 is 0 Å². The Morgan fingerprint density at radius 3 is 2.00 bits per heavy atom. The van der Waals surface area contributed by atoms with Crippen molar-refractivity contribution in [3.8, 4) is 16.9 Å². The second-order valence-corrected chi connectivity index (χ2v) is 11.3. The van der Waals surface area contributed by atoms with Crippen LogP contribution in [0.4, 0.5) is 0 Å². The van der Waals surface area contributed by atoms with Crippen molar-refractivity contribution in [2.45, 2.75) is 37.4 Å². The Hall–Kier alpha value is -6.04. The number of hydrogen-bond acceptors (Lipinski definition) is 7. The predicted molar refractivity (Wildman–Crippen MR) is 176 cm³/mol. The summed E-state index contributed by atoms with van der Waals surface area (Å²) in [5.74, 6) is -3.46. The van der Waals surface area contributed by atoms with E-state index in [2.05, 4.69) is 26.3 Å². The second-order valence-electron chi connectivity index (χ2n) is 11.3. The number of rotatable bonds is 6. The first kappa shape index (κ1) is 33.3. The standard InChI is InChI=1S/C36H35N5O7/c42-32-21-38-34(44)29(18-23-6-10-27(11-7-23)26-4-2-1-3-5-26)41-35(45)30(19-25-14-16-37-17-15-25)39-33(43)22-48-28-12-8-24(9-13-28)20-31(40-32)36(46)47/h1-17,29-31H,18-22H2,(H,38,44)(H,39,43)(H,40,42)(H,41,45)(H,46,47)/t29-,30+,31+/m1/s1. The zero-order chi connectivity index (χ0) is 33.9. The first-order valence-corrected chi connectivity index (χ1v) is 15.4. The number of fused-ring (bicyclic) bond motifs is 16. The van der Waals surface area contributed by atoms with E-state index in [0.29, 0.717) is 11.3 Å². The van der Waals surface area contributed by atoms with Crippen molar-refractivity contribution in [3.05, 3.63) is 120 Å². The molecule has 2 aliphatic heterocycles. The minimum Gasteiger partial charge on any atom is -0.484 e. The van der Waals surface area contributed by atoms with E-state index < -0.39 is 60.9 Å². The summed E-state index contributed by atoms with van der Waals surface area (Å²) < 4.78 is 5.62. The van der Waals surface area contributed by atoms with Gasteiger partial charge >= 0.3 is 5.97 Å². The number of amides is 4. The lowest BCUT2D eigenvalue weighted by molar-refractivity contribution is -0.141. The number of nitrogens with one attached hydrogen (secondary N) is 4. The third kappa shape index (κ3) is 9.49. The van der Waals surface area contributed by atoms with Gasteiger partial charge in [-0.2, -0.15) is 0 Å². The zero-order valence-corrected chi connectivity index (χ0v) is 25.9. The number of ether oxygens (including phenoxy) is 1. The Balaban J connectivity index is 1.40. The van der Waals surface area contributed by atoms with Crippen molar-refractivity contribution in [2.75, 3.05) is 13.2 Å². The Labute approximate surface area is 276 Å². The Morgan fingerprint density at radius 2 is 1.33 bits per heavy atom. The monoisotopic (exact) mass is 649 g/mol. The highest BCUT2D eigenvalue weighted by Crippen LogP contribution is 2.20. The summed E-state index contributed by atoms with van der Waals surface area (Å²) in [6.07, 6.45) is 3.29. The van der Waals surface area contributed by atoms with Crippen molar-refractivity contribution in [1.29, 1.82) is 0 Å². The van der Waals surface area contributed by atoms with Crippen LogP contribution in [0.3, 0.4) is 0 Å². The summed E-state index contributed by atoms with van der Waals surface area (Å²) in [5, 5.41) is 20.2. The van der Waals surface area contributed by atoms with E-state index in [9.17, 15) is 29.1 Å². The van der Waals surface area contributed by atoms with Gasteiger partial charge in [-0.15, -0.1) is 0 Å². The van der Waals surface area contributed by atoms with Crippen LogP contribution in [0.1, 0.15) is 16.7 Å². The molecule has 12 nitrogen and oxygen atoms in total. The molecule has 0 aliphatic carbocycles. The summed E-state index contributed by atoms with van der Waals surface area (Å²) in [7, 11) is 0. The normalized spacial score (nSPS) is 19.3. The molecule has 48 heavy (non-hydrogen) atoms. The number of carbonyl (C=O) groups excluding carboxylic acids is 4. The minimum absolute atomic E-state index is 0.0237.